The average Bonchev–Trinajstić information content (AvgIpc) is 3.16. The summed E-state index contributed by atoms with van der Waals surface area (Å²) in [7, 11) is 1.26. The number of likely N-dealkylation sites (tertiary alicyclic amines) is 1. The lowest BCUT2D eigenvalue weighted by Gasteiger charge is -2.32. The van der Waals surface area contributed by atoms with E-state index in [9.17, 15) is 18.4 Å². The third-order valence-electron chi connectivity index (χ3n) is 4.89. The molecule has 10 heteroatoms. The predicted octanol–water partition coefficient (Wildman–Crippen LogP) is 3.47. The van der Waals surface area contributed by atoms with E-state index in [1.165, 1.54) is 24.4 Å². The molecule has 0 unspecified atom stereocenters. The van der Waals surface area contributed by atoms with Crippen LogP contribution in [0.1, 0.15) is 23.2 Å². The van der Waals surface area contributed by atoms with Crippen molar-refractivity contribution < 1.29 is 23.1 Å². The molecule has 3 aromatic heterocycles. The molecule has 1 aliphatic heterocycles. The van der Waals surface area contributed by atoms with Gasteiger partial charge in [-0.25, -0.2) is 18.6 Å². The highest BCUT2D eigenvalue weighted by Gasteiger charge is 2.37. The molecule has 1 aliphatic rings. The molecule has 0 bridgehead atoms. The number of nitrogens with zero attached hydrogens (tertiary/aromatic N) is 4. The Hall–Kier alpha value is -3.56. The molecule has 0 atom stereocenters. The Bertz CT molecular complexity index is 1110. The standard InChI is InChI=1S/C20H19F2N5O3/c1-30-19(29)25-15-8-16(11-23-10-15)27-6-3-13-7-14(9-24-17(13)27)18(28)26-5-2-4-20(21,22)12-26/h3,6-11H,2,4-5,12H2,1H3,(H,25,29). The van der Waals surface area contributed by atoms with E-state index in [1.807, 2.05) is 0 Å². The van der Waals surface area contributed by atoms with Gasteiger partial charge in [0.1, 0.15) is 5.65 Å². The lowest BCUT2D eigenvalue weighted by Crippen LogP contribution is -2.45. The van der Waals surface area contributed by atoms with Crippen LogP contribution in [0.3, 0.4) is 0 Å². The largest absolute Gasteiger partial charge is 0.453 e. The molecule has 0 spiro atoms. The number of alkyl halides is 2. The monoisotopic (exact) mass is 415 g/mol. The first-order valence-corrected chi connectivity index (χ1v) is 9.31. The number of fused-ring (bicyclic) bond motifs is 1. The van der Waals surface area contributed by atoms with E-state index in [4.69, 9.17) is 0 Å². The lowest BCUT2D eigenvalue weighted by atomic mass is 10.1. The van der Waals surface area contributed by atoms with Gasteiger partial charge in [0.05, 0.1) is 43.0 Å². The molecule has 1 N–H and O–H groups in total. The number of anilines is 1. The van der Waals surface area contributed by atoms with Crippen molar-refractivity contribution in [3.63, 3.8) is 0 Å². The number of hydrogen-bond acceptors (Lipinski definition) is 5. The molecule has 0 radical (unpaired) electrons. The van der Waals surface area contributed by atoms with Gasteiger partial charge in [-0.1, -0.05) is 0 Å². The SMILES string of the molecule is COC(=O)Nc1cncc(-n2ccc3cc(C(=O)N4CCCC(F)(F)C4)cnc32)c1. The third-order valence-corrected chi connectivity index (χ3v) is 4.89. The zero-order chi connectivity index (χ0) is 21.3. The van der Waals surface area contributed by atoms with Crippen LogP contribution in [0.2, 0.25) is 0 Å². The van der Waals surface area contributed by atoms with Crippen molar-refractivity contribution in [3.8, 4) is 5.69 Å². The molecule has 30 heavy (non-hydrogen) atoms. The molecule has 3 aromatic rings. The fourth-order valence-electron chi connectivity index (χ4n) is 3.47. The smallest absolute Gasteiger partial charge is 0.411 e. The summed E-state index contributed by atoms with van der Waals surface area (Å²) in [6.07, 6.45) is 5.67. The average molecular weight is 415 g/mol. The van der Waals surface area contributed by atoms with Gasteiger partial charge in [0.25, 0.3) is 11.8 Å². The van der Waals surface area contributed by atoms with Crippen molar-refractivity contribution in [2.24, 2.45) is 0 Å². The fraction of sp³-hybridized carbons (Fsp3) is 0.300. The van der Waals surface area contributed by atoms with Crippen molar-refractivity contribution in [1.82, 2.24) is 19.4 Å². The fourth-order valence-corrected chi connectivity index (χ4v) is 3.47. The number of ether oxygens (including phenoxy) is 1. The van der Waals surface area contributed by atoms with E-state index < -0.39 is 24.5 Å². The Morgan fingerprint density at radius 3 is 2.83 bits per heavy atom. The Morgan fingerprint density at radius 2 is 2.07 bits per heavy atom. The Kier molecular flexibility index (Phi) is 5.06. The first-order valence-electron chi connectivity index (χ1n) is 9.31. The maximum absolute atomic E-state index is 13.7. The number of carbonyl (C=O) groups excluding carboxylic acids is 2. The number of aromatic nitrogens is 3. The van der Waals surface area contributed by atoms with Crippen LogP contribution in [-0.2, 0) is 4.74 Å². The van der Waals surface area contributed by atoms with Gasteiger partial charge in [-0.3, -0.25) is 19.7 Å². The maximum atomic E-state index is 13.7. The minimum Gasteiger partial charge on any atom is -0.453 e. The molecule has 0 saturated carbocycles. The molecule has 0 aliphatic carbocycles. The number of halogens is 2. The number of amides is 2. The second-order valence-corrected chi connectivity index (χ2v) is 7.06. The van der Waals surface area contributed by atoms with Gasteiger partial charge in [0, 0.05) is 30.7 Å². The van der Waals surface area contributed by atoms with E-state index in [0.29, 0.717) is 29.0 Å². The molecule has 4 heterocycles. The summed E-state index contributed by atoms with van der Waals surface area (Å²) in [5.74, 6) is -3.31. The van der Waals surface area contributed by atoms with Crippen molar-refractivity contribution >= 4 is 28.7 Å². The van der Waals surface area contributed by atoms with Gasteiger partial charge in [0.15, 0.2) is 0 Å². The highest BCUT2D eigenvalue weighted by atomic mass is 19.3. The van der Waals surface area contributed by atoms with Crippen LogP contribution in [0.15, 0.2) is 43.0 Å². The molecule has 0 aromatic carbocycles. The summed E-state index contributed by atoms with van der Waals surface area (Å²) >= 11 is 0. The minimum absolute atomic E-state index is 0.200. The van der Waals surface area contributed by atoms with E-state index in [1.54, 1.807) is 35.2 Å². The number of hydrogen-bond donors (Lipinski definition) is 1. The molecule has 4 rings (SSSR count). The molecular weight excluding hydrogens is 396 g/mol. The Labute approximate surface area is 170 Å². The van der Waals surface area contributed by atoms with Crippen molar-refractivity contribution in [1.29, 1.82) is 0 Å². The number of methoxy groups -OCH3 is 1. The number of carbonyl (C=O) groups is 2. The second-order valence-electron chi connectivity index (χ2n) is 7.06. The zero-order valence-electron chi connectivity index (χ0n) is 16.1. The van der Waals surface area contributed by atoms with Crippen LogP contribution >= 0.6 is 0 Å². The molecule has 2 amide bonds. The molecular formula is C20H19F2N5O3. The maximum Gasteiger partial charge on any atom is 0.411 e. The van der Waals surface area contributed by atoms with Gasteiger partial charge in [0.2, 0.25) is 0 Å². The highest BCUT2D eigenvalue weighted by Crippen LogP contribution is 2.28. The summed E-state index contributed by atoms with van der Waals surface area (Å²) in [5.41, 5.74) is 1.91. The van der Waals surface area contributed by atoms with Gasteiger partial charge < -0.3 is 9.64 Å². The molecule has 8 nitrogen and oxygen atoms in total. The number of nitrogens with one attached hydrogen (secondary N) is 1. The first-order chi connectivity index (χ1) is 14.4. The second kappa shape index (κ2) is 7.69. The van der Waals surface area contributed by atoms with Crippen molar-refractivity contribution in [3.05, 3.63) is 48.5 Å². The van der Waals surface area contributed by atoms with Crippen molar-refractivity contribution in [2.45, 2.75) is 18.8 Å². The van der Waals surface area contributed by atoms with Crippen LogP contribution in [0, 0.1) is 0 Å². The minimum atomic E-state index is -2.86. The first kappa shape index (κ1) is 19.7. The lowest BCUT2D eigenvalue weighted by molar-refractivity contribution is -0.0560. The summed E-state index contributed by atoms with van der Waals surface area (Å²) < 4.78 is 33.6. The summed E-state index contributed by atoms with van der Waals surface area (Å²) in [5, 5.41) is 3.22. The van der Waals surface area contributed by atoms with Crippen LogP contribution in [0.4, 0.5) is 19.3 Å². The number of pyridine rings is 2. The van der Waals surface area contributed by atoms with Crippen LogP contribution < -0.4 is 5.32 Å². The Balaban J connectivity index is 1.61. The van der Waals surface area contributed by atoms with Gasteiger partial charge in [-0.2, -0.15) is 0 Å². The van der Waals surface area contributed by atoms with Crippen LogP contribution in [0.5, 0.6) is 0 Å². The quantitative estimate of drug-likeness (QED) is 0.708. The zero-order valence-corrected chi connectivity index (χ0v) is 16.1. The summed E-state index contributed by atoms with van der Waals surface area (Å²) in [6, 6.07) is 5.10. The third kappa shape index (κ3) is 3.93. The summed E-state index contributed by atoms with van der Waals surface area (Å²) in [6.45, 7) is -0.268. The Morgan fingerprint density at radius 1 is 1.23 bits per heavy atom. The van der Waals surface area contributed by atoms with E-state index in [0.717, 1.165) is 0 Å². The highest BCUT2D eigenvalue weighted by molar-refractivity contribution is 5.97. The van der Waals surface area contributed by atoms with Crippen LogP contribution in [-0.4, -0.2) is 57.6 Å². The topological polar surface area (TPSA) is 89.3 Å². The van der Waals surface area contributed by atoms with Gasteiger partial charge >= 0.3 is 6.09 Å². The molecule has 156 valence electrons. The molecule has 1 saturated heterocycles. The van der Waals surface area contributed by atoms with E-state index in [-0.39, 0.29) is 18.4 Å². The van der Waals surface area contributed by atoms with Crippen molar-refractivity contribution in [2.75, 3.05) is 25.5 Å². The normalized spacial score (nSPS) is 15.8. The number of piperidine rings is 1. The van der Waals surface area contributed by atoms with Gasteiger partial charge in [-0.15, -0.1) is 0 Å². The number of rotatable bonds is 3. The van der Waals surface area contributed by atoms with E-state index >= 15 is 0 Å². The van der Waals surface area contributed by atoms with Gasteiger partial charge in [-0.05, 0) is 24.6 Å². The van der Waals surface area contributed by atoms with Crippen LogP contribution in [0.25, 0.3) is 16.7 Å². The van der Waals surface area contributed by atoms with E-state index in [2.05, 4.69) is 20.0 Å². The summed E-state index contributed by atoms with van der Waals surface area (Å²) in [4.78, 5) is 33.7. The predicted molar refractivity (Wildman–Crippen MR) is 105 cm³/mol. The molecule has 1 fully saturated rings.